The molecule has 1 N–H and O–H groups in total. The minimum absolute atomic E-state index is 0.0803. The average molecular weight is 233 g/mol. The minimum atomic E-state index is -2.52. The molecule has 3 unspecified atom stereocenters. The Kier molecular flexibility index (Phi) is 3.80. The molecule has 94 valence electrons. The van der Waals surface area contributed by atoms with Crippen molar-refractivity contribution < 1.29 is 13.5 Å². The highest BCUT2D eigenvalue weighted by Crippen LogP contribution is 2.37. The molecule has 2 heterocycles. The number of hydrogen-bond acceptors (Lipinski definition) is 2. The molecule has 0 aromatic carbocycles. The van der Waals surface area contributed by atoms with Gasteiger partial charge in [-0.2, -0.15) is 0 Å². The third-order valence-electron chi connectivity index (χ3n) is 3.91. The molecule has 0 aliphatic carbocycles. The number of rotatable bonds is 3. The minimum Gasteiger partial charge on any atom is -0.381 e. The van der Waals surface area contributed by atoms with Gasteiger partial charge in [-0.25, -0.2) is 8.78 Å². The lowest BCUT2D eigenvalue weighted by molar-refractivity contribution is -0.0484. The fourth-order valence-electron chi connectivity index (χ4n) is 2.98. The van der Waals surface area contributed by atoms with E-state index in [2.05, 4.69) is 5.32 Å². The summed E-state index contributed by atoms with van der Waals surface area (Å²) in [6.07, 6.45) is 3.09. The first-order valence-corrected chi connectivity index (χ1v) is 6.26. The zero-order valence-electron chi connectivity index (χ0n) is 9.85. The quantitative estimate of drug-likeness (QED) is 0.807. The second-order valence-corrected chi connectivity index (χ2v) is 5.29. The Labute approximate surface area is 95.7 Å². The largest absolute Gasteiger partial charge is 0.381 e. The Balaban J connectivity index is 1.84. The molecule has 2 nitrogen and oxygen atoms in total. The lowest BCUT2D eigenvalue weighted by Crippen LogP contribution is -2.33. The van der Waals surface area contributed by atoms with Crippen molar-refractivity contribution in [2.24, 2.45) is 17.8 Å². The molecule has 0 radical (unpaired) electrons. The molecule has 2 saturated heterocycles. The summed E-state index contributed by atoms with van der Waals surface area (Å²) in [4.78, 5) is 0. The van der Waals surface area contributed by atoms with E-state index in [-0.39, 0.29) is 12.5 Å². The summed E-state index contributed by atoms with van der Waals surface area (Å²) >= 11 is 0. The summed E-state index contributed by atoms with van der Waals surface area (Å²) in [5.41, 5.74) is 0. The van der Waals surface area contributed by atoms with Crippen LogP contribution < -0.4 is 5.32 Å². The zero-order chi connectivity index (χ0) is 11.6. The molecule has 16 heavy (non-hydrogen) atoms. The average Bonchev–Trinajstić information content (AvgIpc) is 2.59. The maximum Gasteiger partial charge on any atom is 0.264 e. The van der Waals surface area contributed by atoms with Gasteiger partial charge in [0, 0.05) is 25.7 Å². The van der Waals surface area contributed by atoms with Crippen molar-refractivity contribution >= 4 is 0 Å². The standard InChI is InChI=1S/C12H21F2NO/c1-9(5-10-3-2-4-16-7-10)11-6-15-8-12(11,13)14/h9-11,15H,2-8H2,1H3. The molecule has 2 aliphatic rings. The van der Waals surface area contributed by atoms with Crippen LogP contribution in [0.3, 0.4) is 0 Å². The second kappa shape index (κ2) is 4.96. The van der Waals surface area contributed by atoms with Gasteiger partial charge in [0.25, 0.3) is 5.92 Å². The highest BCUT2D eigenvalue weighted by Gasteiger charge is 2.46. The maximum absolute atomic E-state index is 13.5. The SMILES string of the molecule is CC(CC1CCCOC1)C1CNCC1(F)F. The van der Waals surface area contributed by atoms with Gasteiger partial charge in [-0.1, -0.05) is 6.92 Å². The Morgan fingerprint density at radius 2 is 2.31 bits per heavy atom. The van der Waals surface area contributed by atoms with E-state index in [1.54, 1.807) is 0 Å². The van der Waals surface area contributed by atoms with Crippen LogP contribution in [0.1, 0.15) is 26.2 Å². The van der Waals surface area contributed by atoms with Gasteiger partial charge in [0.05, 0.1) is 6.54 Å². The highest BCUT2D eigenvalue weighted by atomic mass is 19.3. The van der Waals surface area contributed by atoms with Crippen molar-refractivity contribution in [1.82, 2.24) is 5.32 Å². The van der Waals surface area contributed by atoms with Crippen molar-refractivity contribution in [2.75, 3.05) is 26.3 Å². The molecule has 2 rings (SSSR count). The molecule has 3 atom stereocenters. The van der Waals surface area contributed by atoms with Gasteiger partial charge in [-0.15, -0.1) is 0 Å². The van der Waals surface area contributed by atoms with E-state index in [0.717, 1.165) is 32.5 Å². The van der Waals surface area contributed by atoms with Crippen LogP contribution in [0, 0.1) is 17.8 Å². The van der Waals surface area contributed by atoms with Gasteiger partial charge in [-0.05, 0) is 31.1 Å². The molecule has 0 spiro atoms. The van der Waals surface area contributed by atoms with Crippen LogP contribution in [-0.2, 0) is 4.74 Å². The summed E-state index contributed by atoms with van der Waals surface area (Å²) in [5.74, 6) is -2.44. The van der Waals surface area contributed by atoms with Crippen molar-refractivity contribution in [2.45, 2.75) is 32.1 Å². The van der Waals surface area contributed by atoms with Crippen molar-refractivity contribution in [3.63, 3.8) is 0 Å². The van der Waals surface area contributed by atoms with Crippen LogP contribution in [0.4, 0.5) is 8.78 Å². The zero-order valence-corrected chi connectivity index (χ0v) is 9.85. The van der Waals surface area contributed by atoms with E-state index >= 15 is 0 Å². The number of nitrogens with one attached hydrogen (secondary N) is 1. The van der Waals surface area contributed by atoms with Crippen molar-refractivity contribution in [1.29, 1.82) is 0 Å². The van der Waals surface area contributed by atoms with Crippen molar-refractivity contribution in [3.8, 4) is 0 Å². The summed E-state index contributed by atoms with van der Waals surface area (Å²) < 4.78 is 32.4. The van der Waals surface area contributed by atoms with E-state index in [1.165, 1.54) is 0 Å². The Morgan fingerprint density at radius 1 is 1.50 bits per heavy atom. The molecule has 0 amide bonds. The molecular formula is C12H21F2NO. The Morgan fingerprint density at radius 3 is 2.88 bits per heavy atom. The van der Waals surface area contributed by atoms with E-state index in [9.17, 15) is 8.78 Å². The highest BCUT2D eigenvalue weighted by molar-refractivity contribution is 4.91. The smallest absolute Gasteiger partial charge is 0.264 e. The second-order valence-electron chi connectivity index (χ2n) is 5.29. The van der Waals surface area contributed by atoms with E-state index in [1.807, 2.05) is 6.92 Å². The van der Waals surface area contributed by atoms with E-state index in [4.69, 9.17) is 4.74 Å². The van der Waals surface area contributed by atoms with Gasteiger partial charge in [0.15, 0.2) is 0 Å². The fraction of sp³-hybridized carbons (Fsp3) is 1.00. The van der Waals surface area contributed by atoms with E-state index < -0.39 is 11.8 Å². The predicted molar refractivity (Wildman–Crippen MR) is 58.6 cm³/mol. The first-order valence-electron chi connectivity index (χ1n) is 6.26. The molecule has 0 aromatic rings. The summed E-state index contributed by atoms with van der Waals surface area (Å²) in [5, 5.41) is 2.80. The first kappa shape index (κ1) is 12.2. The number of hydrogen-bond donors (Lipinski definition) is 1. The van der Waals surface area contributed by atoms with Crippen molar-refractivity contribution in [3.05, 3.63) is 0 Å². The van der Waals surface area contributed by atoms with Gasteiger partial charge in [0.1, 0.15) is 0 Å². The number of alkyl halides is 2. The summed E-state index contributed by atoms with van der Waals surface area (Å²) in [6, 6.07) is 0. The predicted octanol–water partition coefficient (Wildman–Crippen LogP) is 2.29. The van der Waals surface area contributed by atoms with Crippen LogP contribution >= 0.6 is 0 Å². The molecule has 0 aromatic heterocycles. The molecule has 4 heteroatoms. The van der Waals surface area contributed by atoms with Gasteiger partial charge in [0.2, 0.25) is 0 Å². The van der Waals surface area contributed by atoms with Gasteiger partial charge < -0.3 is 10.1 Å². The van der Waals surface area contributed by atoms with Crippen LogP contribution in [0.2, 0.25) is 0 Å². The molecule has 2 aliphatic heterocycles. The van der Waals surface area contributed by atoms with Crippen LogP contribution in [-0.4, -0.2) is 32.2 Å². The maximum atomic E-state index is 13.5. The first-order chi connectivity index (χ1) is 7.59. The number of ether oxygens (including phenoxy) is 1. The fourth-order valence-corrected chi connectivity index (χ4v) is 2.98. The van der Waals surface area contributed by atoms with Crippen LogP contribution in [0.25, 0.3) is 0 Å². The van der Waals surface area contributed by atoms with Crippen LogP contribution in [0.15, 0.2) is 0 Å². The Bertz CT molecular complexity index is 229. The van der Waals surface area contributed by atoms with Gasteiger partial charge >= 0.3 is 0 Å². The molecule has 2 fully saturated rings. The van der Waals surface area contributed by atoms with E-state index in [0.29, 0.717) is 12.5 Å². The summed E-state index contributed by atoms with van der Waals surface area (Å²) in [7, 11) is 0. The normalized spacial score (nSPS) is 36.2. The summed E-state index contributed by atoms with van der Waals surface area (Å²) in [6.45, 7) is 3.87. The third kappa shape index (κ3) is 2.72. The Hall–Kier alpha value is -0.220. The van der Waals surface area contributed by atoms with Crippen LogP contribution in [0.5, 0.6) is 0 Å². The third-order valence-corrected chi connectivity index (χ3v) is 3.91. The molecular weight excluding hydrogens is 212 g/mol. The monoisotopic (exact) mass is 233 g/mol. The lowest BCUT2D eigenvalue weighted by atomic mass is 9.82. The van der Waals surface area contributed by atoms with Gasteiger partial charge in [-0.3, -0.25) is 0 Å². The number of halogens is 2. The lowest BCUT2D eigenvalue weighted by Gasteiger charge is -2.29. The topological polar surface area (TPSA) is 21.3 Å². The molecule has 0 saturated carbocycles. The molecule has 0 bridgehead atoms.